The van der Waals surface area contributed by atoms with Crippen molar-refractivity contribution >= 4 is 17.5 Å². The highest BCUT2D eigenvalue weighted by molar-refractivity contribution is 6.09. The van der Waals surface area contributed by atoms with Gasteiger partial charge in [0.15, 0.2) is 0 Å². The van der Waals surface area contributed by atoms with E-state index in [0.29, 0.717) is 13.0 Å². The number of aromatic nitrogens is 2. The third kappa shape index (κ3) is 3.56. The van der Waals surface area contributed by atoms with E-state index < -0.39 is 5.41 Å². The van der Waals surface area contributed by atoms with Gasteiger partial charge in [0, 0.05) is 32.4 Å². The molecule has 6 nitrogen and oxygen atoms in total. The standard InChI is InChI=1S/C24H24N4O2/c1-27(16-19-12-13-25-17-26-19)22(29)15-24(14-18-8-4-3-5-9-18)20-10-6-7-11-21(20)28(2)23(24)30/h3-13,17H,14-16H2,1-2H3. The van der Waals surface area contributed by atoms with Crippen LogP contribution in [-0.2, 0) is 28.0 Å². The predicted octanol–water partition coefficient (Wildman–Crippen LogP) is 2.98. The Morgan fingerprint density at radius 3 is 2.53 bits per heavy atom. The third-order valence-corrected chi connectivity index (χ3v) is 5.76. The number of para-hydroxylation sites is 1. The van der Waals surface area contributed by atoms with Gasteiger partial charge in [0.2, 0.25) is 11.8 Å². The molecule has 0 fully saturated rings. The Balaban J connectivity index is 1.68. The quantitative estimate of drug-likeness (QED) is 0.638. The predicted molar refractivity (Wildman–Crippen MR) is 115 cm³/mol. The number of amides is 2. The molecule has 1 aliphatic rings. The summed E-state index contributed by atoms with van der Waals surface area (Å²) in [6, 6.07) is 19.4. The van der Waals surface area contributed by atoms with Gasteiger partial charge in [-0.25, -0.2) is 9.97 Å². The van der Waals surface area contributed by atoms with Crippen LogP contribution in [0.1, 0.15) is 23.2 Å². The fourth-order valence-electron chi connectivity index (χ4n) is 4.20. The Bertz CT molecular complexity index is 1060. The molecule has 0 aliphatic carbocycles. The fraction of sp³-hybridized carbons (Fsp3) is 0.250. The number of nitrogens with zero attached hydrogens (tertiary/aromatic N) is 4. The molecule has 0 saturated heterocycles. The number of likely N-dealkylation sites (N-methyl/N-ethyl adjacent to an activating group) is 1. The molecule has 1 aromatic heterocycles. The molecule has 0 bridgehead atoms. The second-order valence-electron chi connectivity index (χ2n) is 7.75. The number of anilines is 1. The Labute approximate surface area is 176 Å². The van der Waals surface area contributed by atoms with Crippen molar-refractivity contribution in [3.63, 3.8) is 0 Å². The Kier molecular flexibility index (Phi) is 5.31. The van der Waals surface area contributed by atoms with Crippen molar-refractivity contribution in [1.29, 1.82) is 0 Å². The molecule has 0 spiro atoms. The van der Waals surface area contributed by atoms with E-state index in [0.717, 1.165) is 22.5 Å². The van der Waals surface area contributed by atoms with Crippen LogP contribution in [-0.4, -0.2) is 40.8 Å². The fourth-order valence-corrected chi connectivity index (χ4v) is 4.20. The Morgan fingerprint density at radius 2 is 1.80 bits per heavy atom. The van der Waals surface area contributed by atoms with Crippen LogP contribution in [0.5, 0.6) is 0 Å². The van der Waals surface area contributed by atoms with Crippen molar-refractivity contribution in [2.45, 2.75) is 24.8 Å². The average molecular weight is 400 g/mol. The van der Waals surface area contributed by atoms with Crippen LogP contribution in [0, 0.1) is 0 Å². The van der Waals surface area contributed by atoms with Gasteiger partial charge in [0.25, 0.3) is 0 Å². The van der Waals surface area contributed by atoms with Gasteiger partial charge < -0.3 is 9.80 Å². The largest absolute Gasteiger partial charge is 0.340 e. The SMILES string of the molecule is CN(Cc1ccncn1)C(=O)CC1(Cc2ccccc2)C(=O)N(C)c2ccccc21. The normalized spacial score (nSPS) is 17.7. The zero-order valence-electron chi connectivity index (χ0n) is 17.2. The van der Waals surface area contributed by atoms with Gasteiger partial charge in [0.1, 0.15) is 6.33 Å². The first kappa shape index (κ1) is 19.8. The maximum absolute atomic E-state index is 13.5. The van der Waals surface area contributed by atoms with Crippen molar-refractivity contribution < 1.29 is 9.59 Å². The number of hydrogen-bond acceptors (Lipinski definition) is 4. The first-order valence-corrected chi connectivity index (χ1v) is 9.92. The molecule has 30 heavy (non-hydrogen) atoms. The smallest absolute Gasteiger partial charge is 0.238 e. The third-order valence-electron chi connectivity index (χ3n) is 5.76. The van der Waals surface area contributed by atoms with Crippen LogP contribution in [0.25, 0.3) is 0 Å². The highest BCUT2D eigenvalue weighted by atomic mass is 16.2. The summed E-state index contributed by atoms with van der Waals surface area (Å²) in [6.45, 7) is 0.369. The van der Waals surface area contributed by atoms with E-state index in [1.165, 1.54) is 6.33 Å². The van der Waals surface area contributed by atoms with Crippen molar-refractivity contribution in [2.75, 3.05) is 19.0 Å². The topological polar surface area (TPSA) is 66.4 Å². The lowest BCUT2D eigenvalue weighted by atomic mass is 9.73. The Hall–Kier alpha value is -3.54. The number of benzene rings is 2. The maximum Gasteiger partial charge on any atom is 0.238 e. The van der Waals surface area contributed by atoms with Gasteiger partial charge in [-0.15, -0.1) is 0 Å². The summed E-state index contributed by atoms with van der Waals surface area (Å²) in [6.07, 6.45) is 3.70. The second kappa shape index (κ2) is 8.06. The number of carbonyl (C=O) groups excluding carboxylic acids is 2. The van der Waals surface area contributed by atoms with Crippen LogP contribution < -0.4 is 4.90 Å². The molecule has 6 heteroatoms. The van der Waals surface area contributed by atoms with Gasteiger partial charge in [-0.2, -0.15) is 0 Å². The molecule has 4 rings (SSSR count). The lowest BCUT2D eigenvalue weighted by Crippen LogP contribution is -2.44. The first-order chi connectivity index (χ1) is 14.5. The summed E-state index contributed by atoms with van der Waals surface area (Å²) in [5, 5.41) is 0. The monoisotopic (exact) mass is 400 g/mol. The summed E-state index contributed by atoms with van der Waals surface area (Å²) in [5.41, 5.74) is 2.63. The van der Waals surface area contributed by atoms with Gasteiger partial charge in [0.05, 0.1) is 17.7 Å². The molecule has 3 aromatic rings. The van der Waals surface area contributed by atoms with Gasteiger partial charge >= 0.3 is 0 Å². The van der Waals surface area contributed by atoms with E-state index >= 15 is 0 Å². The van der Waals surface area contributed by atoms with E-state index in [2.05, 4.69) is 9.97 Å². The number of rotatable bonds is 6. The highest BCUT2D eigenvalue weighted by Gasteiger charge is 2.51. The van der Waals surface area contributed by atoms with E-state index in [9.17, 15) is 9.59 Å². The first-order valence-electron chi connectivity index (χ1n) is 9.92. The second-order valence-corrected chi connectivity index (χ2v) is 7.75. The van der Waals surface area contributed by atoms with Crippen molar-refractivity contribution in [3.05, 3.63) is 90.0 Å². The molecule has 0 radical (unpaired) electrons. The van der Waals surface area contributed by atoms with Gasteiger partial charge in [-0.3, -0.25) is 9.59 Å². The molecule has 2 aromatic carbocycles. The summed E-state index contributed by atoms with van der Waals surface area (Å²) in [5.74, 6) is -0.140. The molecule has 0 saturated carbocycles. The average Bonchev–Trinajstić information content (AvgIpc) is 2.97. The minimum Gasteiger partial charge on any atom is -0.340 e. The van der Waals surface area contributed by atoms with Crippen LogP contribution in [0.3, 0.4) is 0 Å². The Morgan fingerprint density at radius 1 is 1.07 bits per heavy atom. The molecule has 152 valence electrons. The molecule has 1 atom stereocenters. The van der Waals surface area contributed by atoms with E-state index in [1.54, 1.807) is 36.2 Å². The number of carbonyl (C=O) groups is 2. The van der Waals surface area contributed by atoms with E-state index in [4.69, 9.17) is 0 Å². The van der Waals surface area contributed by atoms with Gasteiger partial charge in [-0.1, -0.05) is 48.5 Å². The number of fused-ring (bicyclic) bond motifs is 1. The minimum atomic E-state index is -0.927. The molecule has 2 amide bonds. The molecular formula is C24H24N4O2. The molecule has 1 unspecified atom stereocenters. The zero-order chi connectivity index (χ0) is 21.1. The van der Waals surface area contributed by atoms with Crippen molar-refractivity contribution in [2.24, 2.45) is 0 Å². The summed E-state index contributed by atoms with van der Waals surface area (Å²) < 4.78 is 0. The summed E-state index contributed by atoms with van der Waals surface area (Å²) in [7, 11) is 3.53. The van der Waals surface area contributed by atoms with E-state index in [1.807, 2.05) is 54.6 Å². The number of hydrogen-bond donors (Lipinski definition) is 0. The summed E-state index contributed by atoms with van der Waals surface area (Å²) >= 11 is 0. The molecular weight excluding hydrogens is 376 g/mol. The molecule has 2 heterocycles. The lowest BCUT2D eigenvalue weighted by molar-refractivity contribution is -0.135. The van der Waals surface area contributed by atoms with Crippen molar-refractivity contribution in [1.82, 2.24) is 14.9 Å². The lowest BCUT2D eigenvalue weighted by Gasteiger charge is -2.30. The van der Waals surface area contributed by atoms with Crippen LogP contribution in [0.15, 0.2) is 73.2 Å². The van der Waals surface area contributed by atoms with Crippen LogP contribution in [0.2, 0.25) is 0 Å². The van der Waals surface area contributed by atoms with E-state index in [-0.39, 0.29) is 18.2 Å². The zero-order valence-corrected chi connectivity index (χ0v) is 17.2. The van der Waals surface area contributed by atoms with Crippen LogP contribution >= 0.6 is 0 Å². The molecule has 0 N–H and O–H groups in total. The maximum atomic E-state index is 13.5. The highest BCUT2D eigenvalue weighted by Crippen LogP contribution is 2.45. The van der Waals surface area contributed by atoms with Crippen molar-refractivity contribution in [3.8, 4) is 0 Å². The van der Waals surface area contributed by atoms with Gasteiger partial charge in [-0.05, 0) is 29.7 Å². The van der Waals surface area contributed by atoms with Crippen LogP contribution in [0.4, 0.5) is 5.69 Å². The molecule has 1 aliphatic heterocycles. The summed E-state index contributed by atoms with van der Waals surface area (Å²) in [4.78, 5) is 38.2. The minimum absolute atomic E-state index is 0.0451.